The molecule has 5 aliphatic rings. The van der Waals surface area contributed by atoms with Crippen LogP contribution in [0, 0.1) is 75.9 Å². The van der Waals surface area contributed by atoms with Crippen molar-refractivity contribution in [3.63, 3.8) is 0 Å². The van der Waals surface area contributed by atoms with Crippen LogP contribution in [-0.4, -0.2) is 18.5 Å². The van der Waals surface area contributed by atoms with Gasteiger partial charge in [-0.1, -0.05) is 27.2 Å². The Kier molecular flexibility index (Phi) is 5.31. The number of nitrogens with two attached hydrogens (primary N) is 1. The quantitative estimate of drug-likeness (QED) is 0.512. The number of nitriles is 1. The molecule has 5 fully saturated rings. The van der Waals surface area contributed by atoms with Gasteiger partial charge in [-0.2, -0.15) is 5.26 Å². The highest BCUT2D eigenvalue weighted by Crippen LogP contribution is 2.76. The molecule has 31 heavy (non-hydrogen) atoms. The Labute approximate surface area is 187 Å². The molecule has 168 valence electrons. The van der Waals surface area contributed by atoms with Crippen LogP contribution in [0.15, 0.2) is 16.8 Å². The second-order valence-electron chi connectivity index (χ2n) is 12.0. The van der Waals surface area contributed by atoms with E-state index in [4.69, 9.17) is 11.0 Å². The van der Waals surface area contributed by atoms with Gasteiger partial charge in [0.2, 0.25) is 0 Å². The van der Waals surface area contributed by atoms with E-state index < -0.39 is 0 Å². The first-order chi connectivity index (χ1) is 14.9. The van der Waals surface area contributed by atoms with E-state index in [1.54, 1.807) is 0 Å². The van der Waals surface area contributed by atoms with Gasteiger partial charge in [0, 0.05) is 18.3 Å². The average molecular weight is 422 g/mol. The number of Topliss-reactive ketones (excluding diaryl/α,β-unsaturated/α-hetero) is 1. The van der Waals surface area contributed by atoms with Gasteiger partial charge in [0.15, 0.2) is 5.78 Å². The lowest BCUT2D eigenvalue weighted by molar-refractivity contribution is -0.133. The third-order valence-electron chi connectivity index (χ3n) is 10.7. The van der Waals surface area contributed by atoms with Crippen molar-refractivity contribution < 1.29 is 4.79 Å². The summed E-state index contributed by atoms with van der Waals surface area (Å²) in [4.78, 5) is 17.7. The lowest BCUT2D eigenvalue weighted by atomic mass is 9.47. The van der Waals surface area contributed by atoms with Gasteiger partial charge in [-0.15, -0.1) is 0 Å². The van der Waals surface area contributed by atoms with Crippen LogP contribution in [-0.2, 0) is 4.79 Å². The molecule has 4 heteroatoms. The molecule has 11 unspecified atom stereocenters. The van der Waals surface area contributed by atoms with E-state index in [0.717, 1.165) is 41.4 Å². The zero-order chi connectivity index (χ0) is 21.9. The number of carbonyl (C=O) groups is 1. The van der Waals surface area contributed by atoms with Gasteiger partial charge in [0.1, 0.15) is 6.07 Å². The van der Waals surface area contributed by atoms with E-state index in [-0.39, 0.29) is 17.9 Å². The summed E-state index contributed by atoms with van der Waals surface area (Å²) >= 11 is 0. The van der Waals surface area contributed by atoms with Crippen LogP contribution < -0.4 is 5.73 Å². The third kappa shape index (κ3) is 3.21. The van der Waals surface area contributed by atoms with Crippen molar-refractivity contribution >= 4 is 12.0 Å². The third-order valence-corrected chi connectivity index (χ3v) is 10.7. The number of nitrogens with zero attached hydrogens (tertiary/aromatic N) is 2. The van der Waals surface area contributed by atoms with E-state index in [2.05, 4.69) is 25.8 Å². The van der Waals surface area contributed by atoms with Crippen molar-refractivity contribution in [1.29, 1.82) is 5.26 Å². The zero-order valence-corrected chi connectivity index (χ0v) is 19.5. The number of hydrogen-bond donors (Lipinski definition) is 1. The summed E-state index contributed by atoms with van der Waals surface area (Å²) in [6.45, 7) is 7.49. The SMILES string of the molecule is CC1CCC2C(CCC3C2CCC2(C)C(C(=O)CN=CC(C#N)=CN)C4C(C)C4C32)C1. The Morgan fingerprint density at radius 3 is 2.65 bits per heavy atom. The summed E-state index contributed by atoms with van der Waals surface area (Å²) in [6, 6.07) is 2.00. The van der Waals surface area contributed by atoms with Gasteiger partial charge in [-0.05, 0) is 97.2 Å². The molecule has 0 aliphatic heterocycles. The number of ketones is 1. The molecule has 0 aromatic heterocycles. The van der Waals surface area contributed by atoms with Crippen LogP contribution in [0.5, 0.6) is 0 Å². The molecule has 11 atom stereocenters. The standard InChI is InChI=1S/C27H39N3O/c1-15-4-6-19-18(10-15)5-7-21-20(19)8-9-27(3)25(21)23-16(2)24(23)26(27)22(31)14-30-13-17(11-28)12-29/h11,13,15-16,18-21,23-26H,4-10,14,28H2,1-3H3. The van der Waals surface area contributed by atoms with Gasteiger partial charge >= 0.3 is 0 Å². The number of carbonyl (C=O) groups excluding carboxylic acids is 1. The van der Waals surface area contributed by atoms with Crippen LogP contribution in [0.25, 0.3) is 0 Å². The van der Waals surface area contributed by atoms with Crippen LogP contribution in [0.2, 0.25) is 0 Å². The van der Waals surface area contributed by atoms with Crippen LogP contribution in [0.4, 0.5) is 0 Å². The van der Waals surface area contributed by atoms with E-state index >= 15 is 0 Å². The molecule has 0 saturated heterocycles. The predicted molar refractivity (Wildman–Crippen MR) is 123 cm³/mol. The molecule has 5 aliphatic carbocycles. The van der Waals surface area contributed by atoms with Gasteiger partial charge in [-0.25, -0.2) is 0 Å². The molecule has 2 N–H and O–H groups in total. The fourth-order valence-corrected chi connectivity index (χ4v) is 9.53. The maximum atomic E-state index is 13.4. The second-order valence-corrected chi connectivity index (χ2v) is 12.0. The number of aliphatic imine (C=N–C) groups is 1. The van der Waals surface area contributed by atoms with Gasteiger partial charge < -0.3 is 5.73 Å². The summed E-state index contributed by atoms with van der Waals surface area (Å²) < 4.78 is 0. The molecule has 0 bridgehead atoms. The summed E-state index contributed by atoms with van der Waals surface area (Å²) in [6.07, 6.45) is 12.4. The topological polar surface area (TPSA) is 79.2 Å². The van der Waals surface area contributed by atoms with E-state index in [1.807, 2.05) is 6.07 Å². The molecule has 0 spiro atoms. The Morgan fingerprint density at radius 2 is 1.90 bits per heavy atom. The number of fused-ring (bicyclic) bond motifs is 7. The minimum Gasteiger partial charge on any atom is -0.403 e. The minimum absolute atomic E-state index is 0.159. The Morgan fingerprint density at radius 1 is 1.13 bits per heavy atom. The van der Waals surface area contributed by atoms with E-state index in [1.165, 1.54) is 57.4 Å². The molecule has 0 amide bonds. The summed E-state index contributed by atoms with van der Waals surface area (Å²) in [5.74, 6) is 7.83. The predicted octanol–water partition coefficient (Wildman–Crippen LogP) is 5.00. The minimum atomic E-state index is 0.159. The van der Waals surface area contributed by atoms with E-state index in [9.17, 15) is 4.79 Å². The smallest absolute Gasteiger partial charge is 0.158 e. The lowest BCUT2D eigenvalue weighted by Gasteiger charge is -2.57. The van der Waals surface area contributed by atoms with Crippen molar-refractivity contribution in [2.24, 2.45) is 75.3 Å². The highest BCUT2D eigenvalue weighted by Gasteiger charge is 2.73. The summed E-state index contributed by atoms with van der Waals surface area (Å²) in [7, 11) is 0. The summed E-state index contributed by atoms with van der Waals surface area (Å²) in [5.41, 5.74) is 5.91. The molecular weight excluding hydrogens is 382 g/mol. The second kappa shape index (κ2) is 7.75. The number of allylic oxidation sites excluding steroid dienone is 1. The van der Waals surface area contributed by atoms with Gasteiger partial charge in [0.25, 0.3) is 0 Å². The fraction of sp³-hybridized carbons (Fsp3) is 0.815. The maximum Gasteiger partial charge on any atom is 0.158 e. The molecule has 5 saturated carbocycles. The van der Waals surface area contributed by atoms with Crippen molar-refractivity contribution in [2.45, 2.75) is 65.7 Å². The zero-order valence-electron chi connectivity index (χ0n) is 19.5. The highest BCUT2D eigenvalue weighted by atomic mass is 16.1. The molecule has 0 aromatic carbocycles. The lowest BCUT2D eigenvalue weighted by Crippen LogP contribution is -2.51. The monoisotopic (exact) mass is 421 g/mol. The molecule has 0 heterocycles. The van der Waals surface area contributed by atoms with Crippen LogP contribution in [0.3, 0.4) is 0 Å². The van der Waals surface area contributed by atoms with Crippen LogP contribution in [0.1, 0.15) is 65.7 Å². The van der Waals surface area contributed by atoms with Gasteiger partial charge in [-0.3, -0.25) is 9.79 Å². The van der Waals surface area contributed by atoms with Crippen molar-refractivity contribution in [3.05, 3.63) is 11.8 Å². The average Bonchev–Trinajstić information content (AvgIpc) is 3.27. The van der Waals surface area contributed by atoms with E-state index in [0.29, 0.717) is 23.2 Å². The molecular formula is C27H39N3O. The molecule has 0 aromatic rings. The number of hydrogen-bond acceptors (Lipinski definition) is 4. The Balaban J connectivity index is 1.35. The molecule has 4 nitrogen and oxygen atoms in total. The number of rotatable bonds is 4. The van der Waals surface area contributed by atoms with Crippen molar-refractivity contribution in [3.8, 4) is 6.07 Å². The first-order valence-electron chi connectivity index (χ1n) is 12.7. The highest BCUT2D eigenvalue weighted by molar-refractivity contribution is 5.89. The molecule has 0 radical (unpaired) electrons. The Hall–Kier alpha value is -1.63. The largest absolute Gasteiger partial charge is 0.403 e. The summed E-state index contributed by atoms with van der Waals surface area (Å²) in [5, 5.41) is 9.01. The molecule has 5 rings (SSSR count). The first kappa shape index (κ1) is 21.2. The normalized spacial score (nSPS) is 50.7. The first-order valence-corrected chi connectivity index (χ1v) is 12.7. The van der Waals surface area contributed by atoms with Crippen molar-refractivity contribution in [1.82, 2.24) is 0 Å². The fourth-order valence-electron chi connectivity index (χ4n) is 9.53. The maximum absolute atomic E-state index is 13.4. The van der Waals surface area contributed by atoms with Crippen LogP contribution >= 0.6 is 0 Å². The van der Waals surface area contributed by atoms with Crippen molar-refractivity contribution in [2.75, 3.05) is 6.54 Å². The Bertz CT molecular complexity index is 840. The van der Waals surface area contributed by atoms with Gasteiger partial charge in [0.05, 0.1) is 12.1 Å².